The summed E-state index contributed by atoms with van der Waals surface area (Å²) in [7, 11) is 2.25. The molecule has 0 radical (unpaired) electrons. The van der Waals surface area contributed by atoms with Crippen molar-refractivity contribution in [3.8, 4) is 0 Å². The Morgan fingerprint density at radius 1 is 1.31 bits per heavy atom. The first kappa shape index (κ1) is 11.0. The maximum absolute atomic E-state index is 3.57. The highest BCUT2D eigenvalue weighted by atomic mass is 15.1. The molecule has 0 spiro atoms. The molecule has 2 atom stereocenters. The van der Waals surface area contributed by atoms with E-state index in [1.54, 1.807) is 0 Å². The van der Waals surface area contributed by atoms with Gasteiger partial charge < -0.3 is 10.2 Å². The van der Waals surface area contributed by atoms with Crippen molar-refractivity contribution in [2.45, 2.75) is 51.6 Å². The predicted molar refractivity (Wildman–Crippen MR) is 58.0 cm³/mol. The highest BCUT2D eigenvalue weighted by Gasteiger charge is 2.23. The van der Waals surface area contributed by atoms with E-state index in [4.69, 9.17) is 0 Å². The minimum Gasteiger partial charge on any atom is -0.314 e. The van der Waals surface area contributed by atoms with Crippen LogP contribution in [0, 0.1) is 0 Å². The van der Waals surface area contributed by atoms with E-state index < -0.39 is 0 Å². The first-order valence-corrected chi connectivity index (χ1v) is 5.71. The van der Waals surface area contributed by atoms with Crippen molar-refractivity contribution in [3.63, 3.8) is 0 Å². The summed E-state index contributed by atoms with van der Waals surface area (Å²) < 4.78 is 0. The molecule has 0 saturated heterocycles. The fourth-order valence-corrected chi connectivity index (χ4v) is 2.30. The lowest BCUT2D eigenvalue weighted by molar-refractivity contribution is 0.177. The van der Waals surface area contributed by atoms with E-state index in [-0.39, 0.29) is 0 Å². The monoisotopic (exact) mass is 184 g/mol. The third-order valence-electron chi connectivity index (χ3n) is 3.26. The summed E-state index contributed by atoms with van der Waals surface area (Å²) >= 11 is 0. The Bertz CT molecular complexity index is 134. The van der Waals surface area contributed by atoms with Gasteiger partial charge in [0.15, 0.2) is 0 Å². The zero-order chi connectivity index (χ0) is 9.68. The molecule has 13 heavy (non-hydrogen) atoms. The number of hydrogen-bond acceptors (Lipinski definition) is 2. The van der Waals surface area contributed by atoms with Crippen LogP contribution in [0.2, 0.25) is 0 Å². The lowest BCUT2D eigenvalue weighted by Gasteiger charge is -2.35. The van der Waals surface area contributed by atoms with Crippen molar-refractivity contribution < 1.29 is 0 Å². The summed E-state index contributed by atoms with van der Waals surface area (Å²) in [6, 6.07) is 1.60. The molecule has 0 amide bonds. The molecule has 0 bridgehead atoms. The molecule has 0 heterocycles. The summed E-state index contributed by atoms with van der Waals surface area (Å²) in [5.74, 6) is 0. The molecule has 1 aliphatic carbocycles. The second-order valence-corrected chi connectivity index (χ2v) is 4.15. The van der Waals surface area contributed by atoms with Crippen LogP contribution in [-0.4, -0.2) is 37.1 Å². The van der Waals surface area contributed by atoms with E-state index in [1.165, 1.54) is 32.2 Å². The third kappa shape index (κ3) is 3.28. The Labute approximate surface area is 82.7 Å². The topological polar surface area (TPSA) is 15.3 Å². The highest BCUT2D eigenvalue weighted by molar-refractivity contribution is 4.82. The van der Waals surface area contributed by atoms with Crippen LogP contribution in [0.5, 0.6) is 0 Å². The molecule has 78 valence electrons. The molecule has 0 aromatic rings. The Kier molecular flexibility index (Phi) is 4.74. The minimum atomic E-state index is 0.776. The summed E-state index contributed by atoms with van der Waals surface area (Å²) in [6.07, 6.45) is 5.51. The van der Waals surface area contributed by atoms with Gasteiger partial charge in [0.1, 0.15) is 0 Å². The van der Waals surface area contributed by atoms with Gasteiger partial charge in [-0.3, -0.25) is 0 Å². The van der Waals surface area contributed by atoms with Crippen LogP contribution in [0.3, 0.4) is 0 Å². The van der Waals surface area contributed by atoms with Gasteiger partial charge in [0.05, 0.1) is 0 Å². The highest BCUT2D eigenvalue weighted by Crippen LogP contribution is 2.21. The zero-order valence-corrected chi connectivity index (χ0v) is 9.34. The van der Waals surface area contributed by atoms with Crippen LogP contribution >= 0.6 is 0 Å². The Morgan fingerprint density at radius 2 is 2.08 bits per heavy atom. The quantitative estimate of drug-likeness (QED) is 0.717. The smallest absolute Gasteiger partial charge is 0.0107 e. The molecule has 0 aromatic carbocycles. The Balaban J connectivity index is 2.32. The molecule has 0 aromatic heterocycles. The molecule has 0 aliphatic heterocycles. The summed E-state index contributed by atoms with van der Waals surface area (Å²) in [5, 5.41) is 3.57. The van der Waals surface area contributed by atoms with E-state index in [1.807, 2.05) is 0 Å². The normalized spacial score (nSPS) is 29.5. The summed E-state index contributed by atoms with van der Waals surface area (Å²) in [4.78, 5) is 2.49. The largest absolute Gasteiger partial charge is 0.314 e. The average molecular weight is 184 g/mol. The SMILES string of the molecule is CCNC1CCCC(N(C)CC)C1. The van der Waals surface area contributed by atoms with Gasteiger partial charge in [-0.25, -0.2) is 0 Å². The number of hydrogen-bond donors (Lipinski definition) is 1. The molecule has 1 N–H and O–H groups in total. The zero-order valence-electron chi connectivity index (χ0n) is 9.34. The fraction of sp³-hybridized carbons (Fsp3) is 1.00. The van der Waals surface area contributed by atoms with Crippen LogP contribution < -0.4 is 5.32 Å². The van der Waals surface area contributed by atoms with Gasteiger partial charge in [0, 0.05) is 12.1 Å². The maximum Gasteiger partial charge on any atom is 0.0107 e. The Hall–Kier alpha value is -0.0800. The van der Waals surface area contributed by atoms with Gasteiger partial charge in [-0.15, -0.1) is 0 Å². The second-order valence-electron chi connectivity index (χ2n) is 4.15. The van der Waals surface area contributed by atoms with E-state index in [0.717, 1.165) is 18.6 Å². The van der Waals surface area contributed by atoms with Crippen LogP contribution in [0.1, 0.15) is 39.5 Å². The summed E-state index contributed by atoms with van der Waals surface area (Å²) in [6.45, 7) is 6.75. The predicted octanol–water partition coefficient (Wildman–Crippen LogP) is 1.86. The van der Waals surface area contributed by atoms with Crippen molar-refractivity contribution in [3.05, 3.63) is 0 Å². The van der Waals surface area contributed by atoms with E-state index in [0.29, 0.717) is 0 Å². The van der Waals surface area contributed by atoms with E-state index in [9.17, 15) is 0 Å². The van der Waals surface area contributed by atoms with Gasteiger partial charge in [0.25, 0.3) is 0 Å². The van der Waals surface area contributed by atoms with Crippen LogP contribution in [-0.2, 0) is 0 Å². The number of nitrogens with one attached hydrogen (secondary N) is 1. The molecular formula is C11H24N2. The molecule has 2 unspecified atom stereocenters. The van der Waals surface area contributed by atoms with Crippen molar-refractivity contribution in [1.29, 1.82) is 0 Å². The van der Waals surface area contributed by atoms with Crippen LogP contribution in [0.25, 0.3) is 0 Å². The van der Waals surface area contributed by atoms with Crippen molar-refractivity contribution in [1.82, 2.24) is 10.2 Å². The molecule has 2 nitrogen and oxygen atoms in total. The van der Waals surface area contributed by atoms with E-state index in [2.05, 4.69) is 31.1 Å². The lowest BCUT2D eigenvalue weighted by Crippen LogP contribution is -2.42. The Morgan fingerprint density at radius 3 is 2.69 bits per heavy atom. The molecule has 2 heteroatoms. The van der Waals surface area contributed by atoms with Gasteiger partial charge in [0.2, 0.25) is 0 Å². The maximum atomic E-state index is 3.57. The summed E-state index contributed by atoms with van der Waals surface area (Å²) in [5.41, 5.74) is 0. The molecule has 1 fully saturated rings. The first-order chi connectivity index (χ1) is 6.27. The molecule has 1 aliphatic rings. The first-order valence-electron chi connectivity index (χ1n) is 5.71. The van der Waals surface area contributed by atoms with E-state index >= 15 is 0 Å². The minimum absolute atomic E-state index is 0.776. The molecule has 1 saturated carbocycles. The van der Waals surface area contributed by atoms with Crippen LogP contribution in [0.4, 0.5) is 0 Å². The van der Waals surface area contributed by atoms with Crippen molar-refractivity contribution >= 4 is 0 Å². The second kappa shape index (κ2) is 5.61. The molecule has 1 rings (SSSR count). The van der Waals surface area contributed by atoms with Crippen molar-refractivity contribution in [2.75, 3.05) is 20.1 Å². The number of nitrogens with zero attached hydrogens (tertiary/aromatic N) is 1. The fourth-order valence-electron chi connectivity index (χ4n) is 2.30. The third-order valence-corrected chi connectivity index (χ3v) is 3.26. The van der Waals surface area contributed by atoms with Gasteiger partial charge in [-0.05, 0) is 39.4 Å². The molecular weight excluding hydrogens is 160 g/mol. The standard InChI is InChI=1S/C11H24N2/c1-4-12-10-7-6-8-11(9-10)13(3)5-2/h10-12H,4-9H2,1-3H3. The van der Waals surface area contributed by atoms with Crippen LogP contribution in [0.15, 0.2) is 0 Å². The van der Waals surface area contributed by atoms with Gasteiger partial charge in [-0.1, -0.05) is 20.3 Å². The lowest BCUT2D eigenvalue weighted by atomic mass is 9.90. The van der Waals surface area contributed by atoms with Gasteiger partial charge >= 0.3 is 0 Å². The van der Waals surface area contributed by atoms with Gasteiger partial charge in [-0.2, -0.15) is 0 Å². The van der Waals surface area contributed by atoms with Crippen molar-refractivity contribution in [2.24, 2.45) is 0 Å². The average Bonchev–Trinajstić information content (AvgIpc) is 2.18. The number of rotatable bonds is 4.